The molecule has 2 aromatic carbocycles. The van der Waals surface area contributed by atoms with Crippen molar-refractivity contribution in [3.05, 3.63) is 72.6 Å². The first-order valence-corrected chi connectivity index (χ1v) is 9.60. The molecule has 144 valence electrons. The predicted molar refractivity (Wildman–Crippen MR) is 112 cm³/mol. The Morgan fingerprint density at radius 1 is 0.929 bits per heavy atom. The molecule has 0 bridgehead atoms. The molecule has 7 heteroatoms. The molecule has 0 fully saturated rings. The predicted octanol–water partition coefficient (Wildman–Crippen LogP) is 5.04. The number of thioether (sulfide) groups is 1. The number of nitrogens with zero attached hydrogens (tertiary/aromatic N) is 1. The summed E-state index contributed by atoms with van der Waals surface area (Å²) in [6, 6.07) is 18.4. The zero-order chi connectivity index (χ0) is 19.8. The Morgan fingerprint density at radius 2 is 1.61 bits per heavy atom. The number of rotatable bonds is 7. The molecular weight excluding hydrogens is 374 g/mol. The van der Waals surface area contributed by atoms with Crippen LogP contribution in [-0.2, 0) is 5.75 Å². The third-order valence-electron chi connectivity index (χ3n) is 3.89. The minimum absolute atomic E-state index is 0.281. The Bertz CT molecular complexity index is 918. The third-order valence-corrected chi connectivity index (χ3v) is 4.91. The number of carbonyl (C=O) groups is 1. The number of hydrogen-bond acceptors (Lipinski definition) is 5. The van der Waals surface area contributed by atoms with Crippen LogP contribution >= 0.6 is 11.8 Å². The summed E-state index contributed by atoms with van der Waals surface area (Å²) < 4.78 is 10.7. The van der Waals surface area contributed by atoms with Crippen molar-refractivity contribution in [2.24, 2.45) is 0 Å². The van der Waals surface area contributed by atoms with E-state index in [9.17, 15) is 4.79 Å². The first kappa shape index (κ1) is 19.6. The Balaban J connectivity index is 1.57. The van der Waals surface area contributed by atoms with Gasteiger partial charge in [0, 0.05) is 34.3 Å². The quantitative estimate of drug-likeness (QED) is 0.549. The summed E-state index contributed by atoms with van der Waals surface area (Å²) in [6.45, 7) is 0. The fourth-order valence-corrected chi connectivity index (χ4v) is 3.39. The Kier molecular flexibility index (Phi) is 6.75. The topological polar surface area (TPSA) is 72.5 Å². The monoisotopic (exact) mass is 395 g/mol. The average Bonchev–Trinajstić information content (AvgIpc) is 2.73. The number of ether oxygens (including phenoxy) is 2. The van der Waals surface area contributed by atoms with Gasteiger partial charge in [0.1, 0.15) is 0 Å². The molecule has 1 heterocycles. The smallest absolute Gasteiger partial charge is 0.323 e. The van der Waals surface area contributed by atoms with Gasteiger partial charge in [0.15, 0.2) is 11.5 Å². The molecule has 0 radical (unpaired) electrons. The Labute approximate surface area is 168 Å². The van der Waals surface area contributed by atoms with Crippen LogP contribution in [0.3, 0.4) is 0 Å². The number of anilines is 2. The van der Waals surface area contributed by atoms with Gasteiger partial charge in [-0.15, -0.1) is 11.8 Å². The SMILES string of the molecule is COc1ccnc(CSc2ccc(NC(=O)Nc3ccccc3)cc2)c1OC. The van der Waals surface area contributed by atoms with Crippen LogP contribution in [0.2, 0.25) is 0 Å². The lowest BCUT2D eigenvalue weighted by Crippen LogP contribution is -2.19. The fourth-order valence-electron chi connectivity index (χ4n) is 2.55. The van der Waals surface area contributed by atoms with E-state index in [1.165, 1.54) is 0 Å². The van der Waals surface area contributed by atoms with Gasteiger partial charge >= 0.3 is 6.03 Å². The van der Waals surface area contributed by atoms with E-state index in [2.05, 4.69) is 15.6 Å². The van der Waals surface area contributed by atoms with E-state index in [4.69, 9.17) is 9.47 Å². The molecule has 3 aromatic rings. The molecule has 0 atom stereocenters. The lowest BCUT2D eigenvalue weighted by Gasteiger charge is -2.11. The van der Waals surface area contributed by atoms with Crippen LogP contribution in [0.5, 0.6) is 11.5 Å². The normalized spacial score (nSPS) is 10.2. The van der Waals surface area contributed by atoms with Crippen LogP contribution in [0.4, 0.5) is 16.2 Å². The largest absolute Gasteiger partial charge is 0.493 e. The van der Waals surface area contributed by atoms with E-state index in [-0.39, 0.29) is 6.03 Å². The second kappa shape index (κ2) is 9.66. The van der Waals surface area contributed by atoms with E-state index < -0.39 is 0 Å². The van der Waals surface area contributed by atoms with E-state index in [1.54, 1.807) is 38.2 Å². The van der Waals surface area contributed by atoms with Crippen molar-refractivity contribution < 1.29 is 14.3 Å². The highest BCUT2D eigenvalue weighted by molar-refractivity contribution is 7.98. The third kappa shape index (κ3) is 5.17. The summed E-state index contributed by atoms with van der Waals surface area (Å²) in [5.74, 6) is 1.95. The molecule has 0 saturated heterocycles. The summed E-state index contributed by atoms with van der Waals surface area (Å²) in [7, 11) is 3.21. The summed E-state index contributed by atoms with van der Waals surface area (Å²) >= 11 is 1.63. The van der Waals surface area contributed by atoms with Crippen LogP contribution in [0.15, 0.2) is 71.8 Å². The van der Waals surface area contributed by atoms with Crippen LogP contribution in [-0.4, -0.2) is 25.2 Å². The van der Waals surface area contributed by atoms with Crippen molar-refractivity contribution in [3.63, 3.8) is 0 Å². The van der Waals surface area contributed by atoms with Crippen molar-refractivity contribution >= 4 is 29.2 Å². The van der Waals surface area contributed by atoms with Gasteiger partial charge in [0.2, 0.25) is 0 Å². The number of benzene rings is 2. The number of amides is 2. The zero-order valence-electron chi connectivity index (χ0n) is 15.6. The number of urea groups is 1. The molecule has 1 aromatic heterocycles. The summed E-state index contributed by atoms with van der Waals surface area (Å²) in [5, 5.41) is 5.60. The molecule has 28 heavy (non-hydrogen) atoms. The van der Waals surface area contributed by atoms with Crippen LogP contribution in [0, 0.1) is 0 Å². The van der Waals surface area contributed by atoms with Gasteiger partial charge in [-0.05, 0) is 36.4 Å². The molecule has 2 amide bonds. The number of nitrogens with one attached hydrogen (secondary N) is 2. The number of pyridine rings is 1. The van der Waals surface area contributed by atoms with E-state index >= 15 is 0 Å². The van der Waals surface area contributed by atoms with Gasteiger partial charge in [-0.1, -0.05) is 18.2 Å². The Hall–Kier alpha value is -3.19. The number of hydrogen-bond donors (Lipinski definition) is 2. The van der Waals surface area contributed by atoms with Gasteiger partial charge in [0.05, 0.1) is 19.9 Å². The summed E-state index contributed by atoms with van der Waals surface area (Å²) in [4.78, 5) is 17.5. The van der Waals surface area contributed by atoms with Crippen molar-refractivity contribution in [1.29, 1.82) is 0 Å². The maximum absolute atomic E-state index is 12.0. The van der Waals surface area contributed by atoms with Crippen molar-refractivity contribution in [2.45, 2.75) is 10.6 Å². The summed E-state index contributed by atoms with van der Waals surface area (Å²) in [6.07, 6.45) is 1.70. The highest BCUT2D eigenvalue weighted by Crippen LogP contribution is 2.33. The zero-order valence-corrected chi connectivity index (χ0v) is 16.5. The van der Waals surface area contributed by atoms with Crippen molar-refractivity contribution in [3.8, 4) is 11.5 Å². The maximum atomic E-state index is 12.0. The minimum atomic E-state index is -0.281. The number of aromatic nitrogens is 1. The minimum Gasteiger partial charge on any atom is -0.493 e. The average molecular weight is 395 g/mol. The van der Waals surface area contributed by atoms with E-state index in [0.717, 1.165) is 22.0 Å². The van der Waals surface area contributed by atoms with Gasteiger partial charge < -0.3 is 20.1 Å². The lowest BCUT2D eigenvalue weighted by atomic mass is 10.3. The van der Waals surface area contributed by atoms with Crippen LogP contribution in [0.25, 0.3) is 0 Å². The highest BCUT2D eigenvalue weighted by atomic mass is 32.2. The Morgan fingerprint density at radius 3 is 2.25 bits per heavy atom. The maximum Gasteiger partial charge on any atom is 0.323 e. The van der Waals surface area contributed by atoms with E-state index in [0.29, 0.717) is 17.3 Å². The highest BCUT2D eigenvalue weighted by Gasteiger charge is 2.11. The first-order valence-electron chi connectivity index (χ1n) is 8.61. The second-order valence-electron chi connectivity index (χ2n) is 5.75. The van der Waals surface area contributed by atoms with Gasteiger partial charge in [-0.2, -0.15) is 0 Å². The molecule has 2 N–H and O–H groups in total. The lowest BCUT2D eigenvalue weighted by molar-refractivity contribution is 0.262. The molecule has 0 unspecified atom stereocenters. The molecule has 6 nitrogen and oxygen atoms in total. The first-order chi connectivity index (χ1) is 13.7. The number of methoxy groups -OCH3 is 2. The van der Waals surface area contributed by atoms with Gasteiger partial charge in [-0.25, -0.2) is 4.79 Å². The molecule has 0 aliphatic carbocycles. The molecule has 0 spiro atoms. The second-order valence-corrected chi connectivity index (χ2v) is 6.80. The molecular formula is C21H21N3O3S. The van der Waals surface area contributed by atoms with Gasteiger partial charge in [0.25, 0.3) is 0 Å². The van der Waals surface area contributed by atoms with Gasteiger partial charge in [-0.3, -0.25) is 4.98 Å². The molecule has 3 rings (SSSR count). The van der Waals surface area contributed by atoms with Crippen LogP contribution < -0.4 is 20.1 Å². The summed E-state index contributed by atoms with van der Waals surface area (Å²) in [5.41, 5.74) is 2.28. The van der Waals surface area contributed by atoms with Crippen molar-refractivity contribution in [2.75, 3.05) is 24.9 Å². The molecule has 0 aliphatic heterocycles. The van der Waals surface area contributed by atoms with E-state index in [1.807, 2.05) is 54.6 Å². The van der Waals surface area contributed by atoms with Crippen molar-refractivity contribution in [1.82, 2.24) is 4.98 Å². The molecule has 0 aliphatic rings. The van der Waals surface area contributed by atoms with Crippen LogP contribution in [0.1, 0.15) is 5.69 Å². The fraction of sp³-hybridized carbons (Fsp3) is 0.143. The standard InChI is InChI=1S/C21H21N3O3S/c1-26-19-12-13-22-18(20(19)27-2)14-28-17-10-8-16(9-11-17)24-21(25)23-15-6-4-3-5-7-15/h3-13H,14H2,1-2H3,(H2,23,24,25). The molecule has 0 saturated carbocycles. The number of carbonyl (C=O) groups excluding carboxylic acids is 1. The number of para-hydroxylation sites is 1.